The number of fused-ring (bicyclic) bond motifs is 1. The maximum absolute atomic E-state index is 14.1. The maximum atomic E-state index is 14.1. The Hall–Kier alpha value is -2.35. The molecular weight excluding hydrogens is 347 g/mol. The van der Waals surface area contributed by atoms with E-state index >= 15 is 0 Å². The van der Waals surface area contributed by atoms with Crippen molar-refractivity contribution in [2.45, 2.75) is 45.8 Å². The lowest BCUT2D eigenvalue weighted by atomic mass is 9.93. The minimum Gasteiger partial charge on any atom is -0.463 e. The molecule has 1 heterocycles. The number of ether oxygens (including phenoxy) is 4. The molecule has 0 spiro atoms. The molecule has 8 heteroatoms. The first-order valence-electron chi connectivity index (χ1n) is 8.19. The number of aliphatic hydroxyl groups is 1. The Labute approximate surface area is 151 Å². The van der Waals surface area contributed by atoms with Crippen molar-refractivity contribution in [1.29, 1.82) is 0 Å². The number of halogens is 1. The van der Waals surface area contributed by atoms with Crippen molar-refractivity contribution in [2.75, 3.05) is 13.4 Å². The monoisotopic (exact) mass is 370 g/mol. The molecule has 0 radical (unpaired) electrons. The SMILES string of the molecule is CC(=O)OC[C@@H](O)[C@H](Cc1cc(F)c2c(c1)OCO2)C(=O)OC(C)(C)C. The molecular formula is C18H23FO7. The van der Waals surface area contributed by atoms with E-state index < -0.39 is 35.4 Å². The summed E-state index contributed by atoms with van der Waals surface area (Å²) in [5, 5.41) is 10.3. The summed E-state index contributed by atoms with van der Waals surface area (Å²) in [6.45, 7) is 5.83. The van der Waals surface area contributed by atoms with Crippen molar-refractivity contribution in [3.8, 4) is 11.5 Å². The van der Waals surface area contributed by atoms with Crippen molar-refractivity contribution >= 4 is 11.9 Å². The molecule has 0 fully saturated rings. The zero-order chi connectivity index (χ0) is 19.5. The molecule has 2 atom stereocenters. The van der Waals surface area contributed by atoms with Crippen molar-refractivity contribution < 1.29 is 38.0 Å². The Morgan fingerprint density at radius 1 is 1.31 bits per heavy atom. The Morgan fingerprint density at radius 2 is 2.00 bits per heavy atom. The first kappa shape index (κ1) is 20.0. The lowest BCUT2D eigenvalue weighted by Crippen LogP contribution is -2.38. The summed E-state index contributed by atoms with van der Waals surface area (Å²) in [6, 6.07) is 2.75. The summed E-state index contributed by atoms with van der Waals surface area (Å²) in [5.41, 5.74) is -0.346. The van der Waals surface area contributed by atoms with Crippen LogP contribution in [0.25, 0.3) is 0 Å². The summed E-state index contributed by atoms with van der Waals surface area (Å²) in [4.78, 5) is 23.5. The Morgan fingerprint density at radius 3 is 2.62 bits per heavy atom. The molecule has 1 aromatic carbocycles. The molecule has 0 aromatic heterocycles. The third kappa shape index (κ3) is 5.32. The maximum Gasteiger partial charge on any atom is 0.312 e. The highest BCUT2D eigenvalue weighted by atomic mass is 19.1. The molecule has 2 rings (SSSR count). The molecule has 0 amide bonds. The van der Waals surface area contributed by atoms with Gasteiger partial charge in [0.05, 0.1) is 5.92 Å². The molecule has 7 nitrogen and oxygen atoms in total. The molecule has 1 N–H and O–H groups in total. The van der Waals surface area contributed by atoms with E-state index in [9.17, 15) is 19.1 Å². The Balaban J connectivity index is 2.21. The first-order chi connectivity index (χ1) is 12.1. The van der Waals surface area contributed by atoms with Gasteiger partial charge in [0.1, 0.15) is 18.3 Å². The number of carbonyl (C=O) groups is 2. The second kappa shape index (κ2) is 7.90. The van der Waals surface area contributed by atoms with E-state index in [4.69, 9.17) is 18.9 Å². The van der Waals surface area contributed by atoms with E-state index in [1.165, 1.54) is 13.0 Å². The lowest BCUT2D eigenvalue weighted by Gasteiger charge is -2.26. The van der Waals surface area contributed by atoms with E-state index in [0.717, 1.165) is 0 Å². The van der Waals surface area contributed by atoms with Crippen LogP contribution < -0.4 is 9.47 Å². The van der Waals surface area contributed by atoms with Crippen LogP contribution in [0.5, 0.6) is 11.5 Å². The molecule has 144 valence electrons. The van der Waals surface area contributed by atoms with Gasteiger partial charge < -0.3 is 24.1 Å². The summed E-state index contributed by atoms with van der Waals surface area (Å²) in [6.07, 6.45) is -1.33. The highest BCUT2D eigenvalue weighted by Gasteiger charge is 2.33. The standard InChI is InChI=1S/C18H23FO7/c1-10(20)23-8-14(21)12(17(22)26-18(2,3)4)5-11-6-13(19)16-15(7-11)24-9-25-16/h6-7,12,14,21H,5,8-9H2,1-4H3/t12-,14+/m0/s1. The first-order valence-corrected chi connectivity index (χ1v) is 8.19. The van der Waals surface area contributed by atoms with Gasteiger partial charge in [0.2, 0.25) is 12.5 Å². The Kier molecular flexibility index (Phi) is 6.07. The minimum absolute atomic E-state index is 0.0167. The highest BCUT2D eigenvalue weighted by Crippen LogP contribution is 2.36. The second-order valence-electron chi connectivity index (χ2n) is 7.03. The molecule has 0 unspecified atom stereocenters. The van der Waals surface area contributed by atoms with Gasteiger partial charge in [-0.1, -0.05) is 0 Å². The van der Waals surface area contributed by atoms with Gasteiger partial charge in [0.25, 0.3) is 0 Å². The van der Waals surface area contributed by atoms with Gasteiger partial charge in [0.15, 0.2) is 11.6 Å². The summed E-state index contributed by atoms with van der Waals surface area (Å²) >= 11 is 0. The van der Waals surface area contributed by atoms with E-state index in [1.807, 2.05) is 0 Å². The van der Waals surface area contributed by atoms with Crippen molar-refractivity contribution in [3.63, 3.8) is 0 Å². The predicted octanol–water partition coefficient (Wildman–Crippen LogP) is 1.98. The summed E-state index contributed by atoms with van der Waals surface area (Å²) < 4.78 is 34.4. The number of rotatable bonds is 6. The Bertz CT molecular complexity index is 681. The lowest BCUT2D eigenvalue weighted by molar-refractivity contribution is -0.167. The van der Waals surface area contributed by atoms with E-state index in [0.29, 0.717) is 5.56 Å². The molecule has 26 heavy (non-hydrogen) atoms. The average molecular weight is 370 g/mol. The number of esters is 2. The number of benzene rings is 1. The van der Waals surface area contributed by atoms with Crippen LogP contribution in [0.1, 0.15) is 33.3 Å². The molecule has 0 saturated heterocycles. The smallest absolute Gasteiger partial charge is 0.312 e. The van der Waals surface area contributed by atoms with Crippen LogP contribution >= 0.6 is 0 Å². The molecule has 0 aliphatic carbocycles. The van der Waals surface area contributed by atoms with Crippen LogP contribution in [0, 0.1) is 11.7 Å². The number of aliphatic hydroxyl groups excluding tert-OH is 1. The van der Waals surface area contributed by atoms with Crippen LogP contribution in [0.4, 0.5) is 4.39 Å². The quantitative estimate of drug-likeness (QED) is 0.766. The van der Waals surface area contributed by atoms with E-state index in [-0.39, 0.29) is 31.3 Å². The molecule has 1 aliphatic heterocycles. The van der Waals surface area contributed by atoms with Gasteiger partial charge >= 0.3 is 11.9 Å². The van der Waals surface area contributed by atoms with Crippen LogP contribution in [0.3, 0.4) is 0 Å². The zero-order valence-corrected chi connectivity index (χ0v) is 15.2. The van der Waals surface area contributed by atoms with Gasteiger partial charge in [-0.05, 0) is 44.9 Å². The second-order valence-corrected chi connectivity index (χ2v) is 7.03. The minimum atomic E-state index is -1.30. The van der Waals surface area contributed by atoms with Crippen molar-refractivity contribution in [3.05, 3.63) is 23.5 Å². The third-order valence-corrected chi connectivity index (χ3v) is 3.57. The third-order valence-electron chi connectivity index (χ3n) is 3.57. The van der Waals surface area contributed by atoms with E-state index in [2.05, 4.69) is 0 Å². The number of carbonyl (C=O) groups excluding carboxylic acids is 2. The van der Waals surface area contributed by atoms with Crippen LogP contribution in [-0.4, -0.2) is 42.1 Å². The molecule has 0 bridgehead atoms. The van der Waals surface area contributed by atoms with Gasteiger partial charge in [-0.25, -0.2) is 4.39 Å². The van der Waals surface area contributed by atoms with Crippen LogP contribution in [0.15, 0.2) is 12.1 Å². The molecule has 1 aromatic rings. The van der Waals surface area contributed by atoms with Gasteiger partial charge in [-0.2, -0.15) is 0 Å². The predicted molar refractivity (Wildman–Crippen MR) is 88.2 cm³/mol. The zero-order valence-electron chi connectivity index (χ0n) is 15.2. The summed E-state index contributed by atoms with van der Waals surface area (Å²) in [7, 11) is 0. The topological polar surface area (TPSA) is 91.3 Å². The number of hydrogen-bond acceptors (Lipinski definition) is 7. The average Bonchev–Trinajstić information content (AvgIpc) is 2.97. The summed E-state index contributed by atoms with van der Waals surface area (Å²) in [5.74, 6) is -2.67. The van der Waals surface area contributed by atoms with E-state index in [1.54, 1.807) is 26.8 Å². The fourth-order valence-corrected chi connectivity index (χ4v) is 2.47. The highest BCUT2D eigenvalue weighted by molar-refractivity contribution is 5.74. The van der Waals surface area contributed by atoms with Gasteiger partial charge in [0, 0.05) is 6.92 Å². The van der Waals surface area contributed by atoms with Crippen LogP contribution in [0.2, 0.25) is 0 Å². The molecule has 0 saturated carbocycles. The van der Waals surface area contributed by atoms with Crippen molar-refractivity contribution in [1.82, 2.24) is 0 Å². The van der Waals surface area contributed by atoms with Crippen LogP contribution in [-0.2, 0) is 25.5 Å². The fourth-order valence-electron chi connectivity index (χ4n) is 2.47. The normalized spacial score (nSPS) is 15.3. The van der Waals surface area contributed by atoms with Gasteiger partial charge in [-0.3, -0.25) is 9.59 Å². The molecule has 1 aliphatic rings. The van der Waals surface area contributed by atoms with Crippen molar-refractivity contribution in [2.24, 2.45) is 5.92 Å². The number of hydrogen-bond donors (Lipinski definition) is 1. The largest absolute Gasteiger partial charge is 0.463 e. The van der Waals surface area contributed by atoms with Gasteiger partial charge in [-0.15, -0.1) is 0 Å². The fraction of sp³-hybridized carbons (Fsp3) is 0.556.